The van der Waals surface area contributed by atoms with Crippen molar-refractivity contribution in [2.45, 2.75) is 6.61 Å². The number of hydrogen-bond acceptors (Lipinski definition) is 4. The van der Waals surface area contributed by atoms with Crippen molar-refractivity contribution in [2.75, 3.05) is 0 Å². The zero-order valence-electron chi connectivity index (χ0n) is 15.0. The van der Waals surface area contributed by atoms with Crippen molar-refractivity contribution in [2.24, 2.45) is 4.99 Å². The summed E-state index contributed by atoms with van der Waals surface area (Å²) in [6, 6.07) is 25.4. The molecule has 1 fully saturated rings. The SMILES string of the molecule is O=C1NC(=Nc2ccccc2)S/C1=C/c1ccc(-c2ccc(CO)cc2)cc1. The maximum Gasteiger partial charge on any atom is 0.264 e. The number of carbonyl (C=O) groups excluding carboxylic acids is 1. The molecular formula is C23H18N2O2S. The van der Waals surface area contributed by atoms with Crippen molar-refractivity contribution in [3.63, 3.8) is 0 Å². The summed E-state index contributed by atoms with van der Waals surface area (Å²) in [5, 5.41) is 12.5. The molecule has 4 rings (SSSR count). The van der Waals surface area contributed by atoms with Gasteiger partial charge in [0.05, 0.1) is 17.2 Å². The molecular weight excluding hydrogens is 368 g/mol. The highest BCUT2D eigenvalue weighted by molar-refractivity contribution is 8.18. The van der Waals surface area contributed by atoms with Crippen molar-refractivity contribution in [1.82, 2.24) is 5.32 Å². The van der Waals surface area contributed by atoms with Gasteiger partial charge in [0.15, 0.2) is 5.17 Å². The van der Waals surface area contributed by atoms with Gasteiger partial charge in [0, 0.05) is 0 Å². The van der Waals surface area contributed by atoms with Crippen LogP contribution in [0, 0.1) is 0 Å². The molecule has 4 nitrogen and oxygen atoms in total. The highest BCUT2D eigenvalue weighted by atomic mass is 32.2. The highest BCUT2D eigenvalue weighted by Crippen LogP contribution is 2.28. The largest absolute Gasteiger partial charge is 0.392 e. The summed E-state index contributed by atoms with van der Waals surface area (Å²) in [5.41, 5.74) is 4.82. The van der Waals surface area contributed by atoms with E-state index in [4.69, 9.17) is 5.11 Å². The Kier molecular flexibility index (Phi) is 5.37. The summed E-state index contributed by atoms with van der Waals surface area (Å²) in [6.45, 7) is 0.0437. The monoisotopic (exact) mass is 386 g/mol. The summed E-state index contributed by atoms with van der Waals surface area (Å²) in [7, 11) is 0. The molecule has 1 aliphatic rings. The fourth-order valence-corrected chi connectivity index (χ4v) is 3.67. The lowest BCUT2D eigenvalue weighted by Crippen LogP contribution is -2.19. The molecule has 5 heteroatoms. The standard InChI is InChI=1S/C23H18N2O2S/c26-15-17-8-12-19(13-9-17)18-10-6-16(7-11-18)14-21-22(27)25-23(28-21)24-20-4-2-1-3-5-20/h1-14,26H,15H2,(H,24,25,27)/b21-14+. The predicted octanol–water partition coefficient (Wildman–Crippen LogP) is 4.74. The van der Waals surface area contributed by atoms with Gasteiger partial charge in [-0.2, -0.15) is 0 Å². The van der Waals surface area contributed by atoms with Crippen LogP contribution >= 0.6 is 11.8 Å². The number of thioether (sulfide) groups is 1. The van der Waals surface area contributed by atoms with Gasteiger partial charge in [-0.25, -0.2) is 4.99 Å². The number of hydrogen-bond donors (Lipinski definition) is 2. The number of aliphatic imine (C=N–C) groups is 1. The molecule has 0 spiro atoms. The van der Waals surface area contributed by atoms with Crippen molar-refractivity contribution in [1.29, 1.82) is 0 Å². The number of nitrogens with zero attached hydrogens (tertiary/aromatic N) is 1. The zero-order valence-corrected chi connectivity index (χ0v) is 15.8. The number of amides is 1. The van der Waals surface area contributed by atoms with Crippen molar-refractivity contribution in [3.05, 3.63) is 94.9 Å². The van der Waals surface area contributed by atoms with E-state index in [0.29, 0.717) is 10.1 Å². The van der Waals surface area contributed by atoms with Gasteiger partial charge in [-0.3, -0.25) is 4.79 Å². The molecule has 3 aromatic carbocycles. The van der Waals surface area contributed by atoms with E-state index in [9.17, 15) is 4.79 Å². The average Bonchev–Trinajstić information content (AvgIpc) is 3.08. The van der Waals surface area contributed by atoms with E-state index in [0.717, 1.165) is 27.9 Å². The summed E-state index contributed by atoms with van der Waals surface area (Å²) < 4.78 is 0. The Bertz CT molecular complexity index is 1040. The van der Waals surface area contributed by atoms with E-state index in [-0.39, 0.29) is 12.5 Å². The first-order valence-electron chi connectivity index (χ1n) is 8.86. The molecule has 2 N–H and O–H groups in total. The first-order valence-corrected chi connectivity index (χ1v) is 9.68. The van der Waals surface area contributed by atoms with E-state index < -0.39 is 0 Å². The number of aliphatic hydroxyl groups is 1. The molecule has 1 heterocycles. The molecule has 0 atom stereocenters. The summed E-state index contributed by atoms with van der Waals surface area (Å²) in [6.07, 6.45) is 1.87. The van der Waals surface area contributed by atoms with E-state index in [1.54, 1.807) is 0 Å². The van der Waals surface area contributed by atoms with E-state index in [1.807, 2.05) is 84.9 Å². The Balaban J connectivity index is 1.51. The third-order valence-corrected chi connectivity index (χ3v) is 5.23. The second kappa shape index (κ2) is 8.25. The van der Waals surface area contributed by atoms with Crippen LogP contribution in [-0.4, -0.2) is 16.2 Å². The smallest absolute Gasteiger partial charge is 0.264 e. The van der Waals surface area contributed by atoms with Crippen molar-refractivity contribution in [3.8, 4) is 11.1 Å². The molecule has 3 aromatic rings. The number of aliphatic hydroxyl groups excluding tert-OH is 1. The number of para-hydroxylation sites is 1. The fourth-order valence-electron chi connectivity index (χ4n) is 2.83. The molecule has 0 radical (unpaired) electrons. The number of amidine groups is 1. The minimum absolute atomic E-state index is 0.0437. The predicted molar refractivity (Wildman–Crippen MR) is 115 cm³/mol. The number of carbonyl (C=O) groups is 1. The third kappa shape index (κ3) is 4.22. The van der Waals surface area contributed by atoms with Crippen LogP contribution in [-0.2, 0) is 11.4 Å². The van der Waals surface area contributed by atoms with Crippen LogP contribution in [0.25, 0.3) is 17.2 Å². The zero-order chi connectivity index (χ0) is 19.3. The molecule has 138 valence electrons. The van der Waals surface area contributed by atoms with Crippen LogP contribution in [0.5, 0.6) is 0 Å². The maximum absolute atomic E-state index is 12.2. The maximum atomic E-state index is 12.2. The molecule has 1 aliphatic heterocycles. The normalized spacial score (nSPS) is 16.5. The van der Waals surface area contributed by atoms with E-state index >= 15 is 0 Å². The number of rotatable bonds is 4. The third-order valence-electron chi connectivity index (χ3n) is 4.32. The Morgan fingerprint density at radius 2 is 1.54 bits per heavy atom. The van der Waals surface area contributed by atoms with Crippen LogP contribution in [0.1, 0.15) is 11.1 Å². The van der Waals surface area contributed by atoms with Gasteiger partial charge in [0.2, 0.25) is 0 Å². The van der Waals surface area contributed by atoms with Gasteiger partial charge in [0.1, 0.15) is 0 Å². The number of nitrogens with one attached hydrogen (secondary N) is 1. The van der Waals surface area contributed by atoms with Crippen LogP contribution < -0.4 is 5.32 Å². The molecule has 0 unspecified atom stereocenters. The topological polar surface area (TPSA) is 61.7 Å². The Hall–Kier alpha value is -3.15. The summed E-state index contributed by atoms with van der Waals surface area (Å²) in [4.78, 5) is 17.3. The van der Waals surface area contributed by atoms with Crippen LogP contribution in [0.2, 0.25) is 0 Å². The minimum Gasteiger partial charge on any atom is -0.392 e. The van der Waals surface area contributed by atoms with Gasteiger partial charge in [-0.05, 0) is 52.2 Å². The van der Waals surface area contributed by atoms with Crippen LogP contribution in [0.15, 0.2) is 88.8 Å². The van der Waals surface area contributed by atoms with Gasteiger partial charge in [0.25, 0.3) is 5.91 Å². The molecule has 0 bridgehead atoms. The number of benzene rings is 3. The second-order valence-corrected chi connectivity index (χ2v) is 7.32. The average molecular weight is 386 g/mol. The van der Waals surface area contributed by atoms with Crippen LogP contribution in [0.4, 0.5) is 5.69 Å². The quantitative estimate of drug-likeness (QED) is 0.637. The lowest BCUT2D eigenvalue weighted by molar-refractivity contribution is -0.115. The van der Waals surface area contributed by atoms with E-state index in [1.165, 1.54) is 11.8 Å². The molecule has 0 aromatic heterocycles. The Morgan fingerprint density at radius 1 is 0.893 bits per heavy atom. The first-order chi connectivity index (χ1) is 13.7. The summed E-state index contributed by atoms with van der Waals surface area (Å²) in [5.74, 6) is -0.136. The van der Waals surface area contributed by atoms with Gasteiger partial charge >= 0.3 is 0 Å². The summed E-state index contributed by atoms with van der Waals surface area (Å²) >= 11 is 1.34. The molecule has 1 saturated heterocycles. The molecule has 1 amide bonds. The lowest BCUT2D eigenvalue weighted by Gasteiger charge is -2.04. The molecule has 0 aliphatic carbocycles. The second-order valence-electron chi connectivity index (χ2n) is 6.29. The van der Waals surface area contributed by atoms with E-state index in [2.05, 4.69) is 10.3 Å². The molecule has 0 saturated carbocycles. The Labute approximate surface area is 167 Å². The Morgan fingerprint density at radius 3 is 2.18 bits per heavy atom. The fraction of sp³-hybridized carbons (Fsp3) is 0.0435. The van der Waals surface area contributed by atoms with Crippen molar-refractivity contribution < 1.29 is 9.90 Å². The highest BCUT2D eigenvalue weighted by Gasteiger charge is 2.23. The lowest BCUT2D eigenvalue weighted by atomic mass is 10.0. The van der Waals surface area contributed by atoms with Crippen molar-refractivity contribution >= 4 is 34.6 Å². The first kappa shape index (κ1) is 18.2. The van der Waals surface area contributed by atoms with Gasteiger partial charge in [-0.1, -0.05) is 66.7 Å². The van der Waals surface area contributed by atoms with Gasteiger partial charge < -0.3 is 10.4 Å². The minimum atomic E-state index is -0.136. The van der Waals surface area contributed by atoms with Gasteiger partial charge in [-0.15, -0.1) is 0 Å². The molecule has 28 heavy (non-hydrogen) atoms. The van der Waals surface area contributed by atoms with Crippen LogP contribution in [0.3, 0.4) is 0 Å².